The topological polar surface area (TPSA) is 50.1 Å². The highest BCUT2D eigenvalue weighted by Gasteiger charge is 2.34. The lowest BCUT2D eigenvalue weighted by molar-refractivity contribution is -0.138. The standard InChI is InChI=1S/C26H26F4N6/c1-34(25-21-6-4-3-5-20(21)24(32-33-25)23-9-12-31-35(23)2)19-10-13-36(14-11-19)16-17-7-8-18(27)15-22(17)26(28,29)30/h3-9,12,15,19H,10-11,13-14,16H2,1-2H3. The second-order valence-corrected chi connectivity index (χ2v) is 9.18. The molecule has 1 aliphatic heterocycles. The molecular weight excluding hydrogens is 472 g/mol. The third-order valence-corrected chi connectivity index (χ3v) is 6.94. The van der Waals surface area contributed by atoms with Crippen LogP contribution in [0.15, 0.2) is 54.7 Å². The fraction of sp³-hybridized carbons (Fsp3) is 0.346. The third-order valence-electron chi connectivity index (χ3n) is 6.94. The molecule has 10 heteroatoms. The quantitative estimate of drug-likeness (QED) is 0.350. The molecule has 0 saturated carbocycles. The maximum absolute atomic E-state index is 13.5. The Labute approximate surface area is 206 Å². The molecule has 0 bridgehead atoms. The van der Waals surface area contributed by atoms with Crippen molar-refractivity contribution in [3.8, 4) is 11.4 Å². The molecule has 3 heterocycles. The van der Waals surface area contributed by atoms with E-state index in [1.807, 2.05) is 49.3 Å². The van der Waals surface area contributed by atoms with Gasteiger partial charge in [-0.3, -0.25) is 9.58 Å². The molecule has 0 unspecified atom stereocenters. The number of aryl methyl sites for hydroxylation is 1. The summed E-state index contributed by atoms with van der Waals surface area (Å²) < 4.78 is 55.4. The van der Waals surface area contributed by atoms with Gasteiger partial charge in [0.1, 0.15) is 11.5 Å². The maximum atomic E-state index is 13.5. The second-order valence-electron chi connectivity index (χ2n) is 9.18. The van der Waals surface area contributed by atoms with Crippen LogP contribution in [0.2, 0.25) is 0 Å². The predicted octanol–water partition coefficient (Wildman–Crippen LogP) is 5.29. The molecule has 0 atom stereocenters. The van der Waals surface area contributed by atoms with E-state index in [4.69, 9.17) is 0 Å². The van der Waals surface area contributed by atoms with Gasteiger partial charge in [0.15, 0.2) is 5.82 Å². The Morgan fingerprint density at radius 2 is 1.72 bits per heavy atom. The van der Waals surface area contributed by atoms with E-state index in [2.05, 4.69) is 20.2 Å². The van der Waals surface area contributed by atoms with E-state index in [9.17, 15) is 17.6 Å². The Hall–Kier alpha value is -3.53. The van der Waals surface area contributed by atoms with Crippen molar-refractivity contribution in [3.63, 3.8) is 0 Å². The molecule has 1 aliphatic rings. The van der Waals surface area contributed by atoms with Crippen LogP contribution in [0.25, 0.3) is 22.2 Å². The summed E-state index contributed by atoms with van der Waals surface area (Å²) in [4.78, 5) is 4.11. The maximum Gasteiger partial charge on any atom is 0.416 e. The highest BCUT2D eigenvalue weighted by atomic mass is 19.4. The Bertz CT molecular complexity index is 1370. The van der Waals surface area contributed by atoms with E-state index >= 15 is 0 Å². The molecule has 1 saturated heterocycles. The Balaban J connectivity index is 1.33. The predicted molar refractivity (Wildman–Crippen MR) is 130 cm³/mol. The first kappa shape index (κ1) is 24.2. The molecule has 6 nitrogen and oxygen atoms in total. The number of piperidine rings is 1. The van der Waals surface area contributed by atoms with Crippen LogP contribution < -0.4 is 4.90 Å². The van der Waals surface area contributed by atoms with Crippen LogP contribution >= 0.6 is 0 Å². The summed E-state index contributed by atoms with van der Waals surface area (Å²) in [5.74, 6) is -0.109. The summed E-state index contributed by atoms with van der Waals surface area (Å²) >= 11 is 0. The van der Waals surface area contributed by atoms with E-state index < -0.39 is 17.6 Å². The number of hydrogen-bond acceptors (Lipinski definition) is 5. The Morgan fingerprint density at radius 1 is 1.00 bits per heavy atom. The zero-order valence-electron chi connectivity index (χ0n) is 20.0. The van der Waals surface area contributed by atoms with Crippen molar-refractivity contribution in [2.24, 2.45) is 7.05 Å². The van der Waals surface area contributed by atoms with Gasteiger partial charge in [0, 0.05) is 56.7 Å². The van der Waals surface area contributed by atoms with Crippen LogP contribution in [-0.4, -0.2) is 51.1 Å². The number of alkyl halides is 3. The number of fused-ring (bicyclic) bond motifs is 1. The van der Waals surface area contributed by atoms with Crippen molar-refractivity contribution in [2.75, 3.05) is 25.0 Å². The van der Waals surface area contributed by atoms with Crippen LogP contribution in [0.5, 0.6) is 0 Å². The van der Waals surface area contributed by atoms with E-state index in [0.29, 0.717) is 19.2 Å². The minimum absolute atomic E-state index is 0.0957. The summed E-state index contributed by atoms with van der Waals surface area (Å²) in [5.41, 5.74) is 0.827. The Morgan fingerprint density at radius 3 is 2.39 bits per heavy atom. The molecule has 0 N–H and O–H groups in total. The summed E-state index contributed by atoms with van der Waals surface area (Å²) in [7, 11) is 3.85. The SMILES string of the molecule is CN(c1nnc(-c2ccnn2C)c2ccccc12)C1CCN(Cc2ccc(F)cc2C(F)(F)F)CC1. The van der Waals surface area contributed by atoms with Gasteiger partial charge in [0.25, 0.3) is 0 Å². The lowest BCUT2D eigenvalue weighted by Crippen LogP contribution is -2.43. The molecule has 0 radical (unpaired) electrons. The highest BCUT2D eigenvalue weighted by Crippen LogP contribution is 2.35. The van der Waals surface area contributed by atoms with E-state index in [-0.39, 0.29) is 18.2 Å². The number of nitrogens with zero attached hydrogens (tertiary/aromatic N) is 6. The zero-order valence-corrected chi connectivity index (χ0v) is 20.0. The fourth-order valence-electron chi connectivity index (χ4n) is 4.97. The van der Waals surface area contributed by atoms with Crippen LogP contribution in [0.1, 0.15) is 24.0 Å². The minimum atomic E-state index is -4.59. The molecule has 2 aromatic heterocycles. The molecule has 2 aromatic carbocycles. The molecular formula is C26H26F4N6. The van der Waals surface area contributed by atoms with Gasteiger partial charge >= 0.3 is 6.18 Å². The molecule has 188 valence electrons. The molecule has 36 heavy (non-hydrogen) atoms. The molecule has 1 fully saturated rings. The Kier molecular flexibility index (Phi) is 6.38. The van der Waals surface area contributed by atoms with Gasteiger partial charge in [-0.15, -0.1) is 10.2 Å². The van der Waals surface area contributed by atoms with Gasteiger partial charge in [0.05, 0.1) is 11.3 Å². The summed E-state index contributed by atoms with van der Waals surface area (Å²) in [6, 6.07) is 13.0. The van der Waals surface area contributed by atoms with Gasteiger partial charge < -0.3 is 4.90 Å². The number of likely N-dealkylation sites (tertiary alicyclic amines) is 1. The van der Waals surface area contributed by atoms with Crippen molar-refractivity contribution >= 4 is 16.6 Å². The van der Waals surface area contributed by atoms with Gasteiger partial charge in [-0.1, -0.05) is 30.3 Å². The van der Waals surface area contributed by atoms with Gasteiger partial charge in [-0.25, -0.2) is 4.39 Å². The normalized spacial score (nSPS) is 15.5. The van der Waals surface area contributed by atoms with Gasteiger partial charge in [-0.05, 0) is 36.6 Å². The van der Waals surface area contributed by atoms with Crippen molar-refractivity contribution < 1.29 is 17.6 Å². The number of benzene rings is 2. The number of aromatic nitrogens is 4. The van der Waals surface area contributed by atoms with Crippen LogP contribution in [0.4, 0.5) is 23.4 Å². The second kappa shape index (κ2) is 9.50. The number of anilines is 1. The first-order chi connectivity index (χ1) is 17.2. The zero-order chi connectivity index (χ0) is 25.4. The van der Waals surface area contributed by atoms with Crippen LogP contribution in [0.3, 0.4) is 0 Å². The van der Waals surface area contributed by atoms with Crippen molar-refractivity contribution in [1.29, 1.82) is 0 Å². The lowest BCUT2D eigenvalue weighted by Gasteiger charge is -2.37. The van der Waals surface area contributed by atoms with Crippen molar-refractivity contribution in [3.05, 3.63) is 71.7 Å². The lowest BCUT2D eigenvalue weighted by atomic mass is 10.0. The summed E-state index contributed by atoms with van der Waals surface area (Å²) in [5, 5.41) is 15.3. The van der Waals surface area contributed by atoms with Crippen LogP contribution in [0, 0.1) is 5.82 Å². The molecule has 4 aromatic rings. The molecule has 5 rings (SSSR count). The van der Waals surface area contributed by atoms with E-state index in [0.717, 1.165) is 46.9 Å². The van der Waals surface area contributed by atoms with Crippen molar-refractivity contribution in [2.45, 2.75) is 31.6 Å². The average molecular weight is 499 g/mol. The fourth-order valence-corrected chi connectivity index (χ4v) is 4.97. The molecule has 0 aliphatic carbocycles. The minimum Gasteiger partial charge on any atom is -0.355 e. The monoisotopic (exact) mass is 498 g/mol. The van der Waals surface area contributed by atoms with Gasteiger partial charge in [0.2, 0.25) is 0 Å². The van der Waals surface area contributed by atoms with Gasteiger partial charge in [-0.2, -0.15) is 18.3 Å². The van der Waals surface area contributed by atoms with E-state index in [1.54, 1.807) is 10.9 Å². The smallest absolute Gasteiger partial charge is 0.355 e. The first-order valence-corrected chi connectivity index (χ1v) is 11.8. The number of halogens is 4. The first-order valence-electron chi connectivity index (χ1n) is 11.8. The summed E-state index contributed by atoms with van der Waals surface area (Å²) in [6.45, 7) is 1.39. The number of hydrogen-bond donors (Lipinski definition) is 0. The highest BCUT2D eigenvalue weighted by molar-refractivity contribution is 5.99. The van der Waals surface area contributed by atoms with Crippen molar-refractivity contribution in [1.82, 2.24) is 24.9 Å². The molecule has 0 amide bonds. The summed E-state index contributed by atoms with van der Waals surface area (Å²) in [6.07, 6.45) is -1.34. The largest absolute Gasteiger partial charge is 0.416 e. The van der Waals surface area contributed by atoms with E-state index in [1.165, 1.54) is 6.07 Å². The average Bonchev–Trinajstić information content (AvgIpc) is 3.29. The molecule has 0 spiro atoms. The third kappa shape index (κ3) is 4.65. The number of rotatable bonds is 5. The van der Waals surface area contributed by atoms with Crippen LogP contribution in [-0.2, 0) is 19.8 Å².